The second-order valence-corrected chi connectivity index (χ2v) is 8.93. The van der Waals surface area contributed by atoms with Crippen molar-refractivity contribution in [1.29, 1.82) is 0 Å². The predicted octanol–water partition coefficient (Wildman–Crippen LogP) is 4.60. The van der Waals surface area contributed by atoms with Crippen molar-refractivity contribution in [2.75, 3.05) is 4.90 Å². The number of aromatic nitrogens is 5. The van der Waals surface area contributed by atoms with Crippen molar-refractivity contribution in [2.24, 2.45) is 0 Å². The first-order valence-electron chi connectivity index (χ1n) is 11.7. The Morgan fingerprint density at radius 1 is 1.03 bits per heavy atom. The van der Waals surface area contributed by atoms with E-state index in [9.17, 15) is 14.7 Å². The van der Waals surface area contributed by atoms with Crippen molar-refractivity contribution in [3.63, 3.8) is 0 Å². The van der Waals surface area contributed by atoms with Gasteiger partial charge in [0.1, 0.15) is 12.1 Å². The van der Waals surface area contributed by atoms with Gasteiger partial charge in [-0.25, -0.2) is 0 Å². The van der Waals surface area contributed by atoms with Gasteiger partial charge in [0.2, 0.25) is 0 Å². The van der Waals surface area contributed by atoms with Crippen LogP contribution in [0.2, 0.25) is 0 Å². The van der Waals surface area contributed by atoms with E-state index in [4.69, 9.17) is 4.74 Å². The number of anilines is 1. The molecule has 1 amide bonds. The molecule has 10 nitrogen and oxygen atoms in total. The fourth-order valence-corrected chi connectivity index (χ4v) is 4.15. The number of nitrogens with one attached hydrogen (secondary N) is 1. The van der Waals surface area contributed by atoms with E-state index in [0.717, 1.165) is 5.56 Å². The molecule has 2 aromatic carbocycles. The maximum Gasteiger partial charge on any atom is 0.340 e. The lowest BCUT2D eigenvalue weighted by atomic mass is 9.91. The molecule has 0 fully saturated rings. The van der Waals surface area contributed by atoms with Crippen LogP contribution in [0.4, 0.5) is 5.82 Å². The van der Waals surface area contributed by atoms with Crippen LogP contribution >= 0.6 is 0 Å². The SMILES string of the molecule is Cc1ccc(N2C(=O)C(O)=C(C(=O)c3ccc(C(C)C)cc3)C2c2ccc(Oc3nc[nH]n3)cc2)nn1. The molecule has 1 aliphatic rings. The Bertz CT molecular complexity index is 1460. The minimum Gasteiger partial charge on any atom is -0.503 e. The molecule has 2 aromatic heterocycles. The largest absolute Gasteiger partial charge is 0.503 e. The first-order chi connectivity index (χ1) is 17.8. The maximum atomic E-state index is 13.7. The van der Waals surface area contributed by atoms with Gasteiger partial charge in [-0.15, -0.1) is 10.2 Å². The Labute approximate surface area is 212 Å². The number of Topliss-reactive ketones (excluding diaryl/α,β-unsaturated/α-hetero) is 1. The summed E-state index contributed by atoms with van der Waals surface area (Å²) in [5, 5.41) is 25.6. The standard InChI is InChI=1S/C27H24N6O4/c1-15(2)17-5-7-19(8-6-17)24(34)22-23(18-9-11-20(12-10-18)37-27-28-14-29-32-27)33(26(36)25(22)35)21-13-4-16(3)30-31-21/h4-15,23,35H,1-3H3,(H,28,29,32). The number of aryl methyl sites for hydroxylation is 1. The molecule has 1 aliphatic heterocycles. The molecule has 0 aliphatic carbocycles. The van der Waals surface area contributed by atoms with Gasteiger partial charge in [0.05, 0.1) is 17.3 Å². The zero-order chi connectivity index (χ0) is 26.1. The highest BCUT2D eigenvalue weighted by Gasteiger charge is 2.45. The van der Waals surface area contributed by atoms with Crippen LogP contribution in [0.15, 0.2) is 78.3 Å². The highest BCUT2D eigenvalue weighted by atomic mass is 16.5. The van der Waals surface area contributed by atoms with Crippen LogP contribution in [-0.2, 0) is 4.79 Å². The summed E-state index contributed by atoms with van der Waals surface area (Å²) in [6.07, 6.45) is 1.40. The number of benzene rings is 2. The van der Waals surface area contributed by atoms with E-state index in [2.05, 4.69) is 39.2 Å². The Balaban J connectivity index is 1.56. The number of hydrogen-bond donors (Lipinski definition) is 2. The van der Waals surface area contributed by atoms with E-state index < -0.39 is 23.5 Å². The van der Waals surface area contributed by atoms with Gasteiger partial charge in [0, 0.05) is 5.56 Å². The van der Waals surface area contributed by atoms with Crippen LogP contribution in [0.3, 0.4) is 0 Å². The van der Waals surface area contributed by atoms with Crippen molar-refractivity contribution in [2.45, 2.75) is 32.7 Å². The summed E-state index contributed by atoms with van der Waals surface area (Å²) >= 11 is 0. The summed E-state index contributed by atoms with van der Waals surface area (Å²) in [5.74, 6) is -0.830. The molecule has 0 spiro atoms. The van der Waals surface area contributed by atoms with E-state index in [-0.39, 0.29) is 17.4 Å². The van der Waals surface area contributed by atoms with Gasteiger partial charge in [0.15, 0.2) is 17.4 Å². The van der Waals surface area contributed by atoms with Gasteiger partial charge in [-0.3, -0.25) is 19.6 Å². The molecule has 2 N–H and O–H groups in total. The van der Waals surface area contributed by atoms with Crippen molar-refractivity contribution in [3.8, 4) is 11.8 Å². The quantitative estimate of drug-likeness (QED) is 0.355. The lowest BCUT2D eigenvalue weighted by molar-refractivity contribution is -0.117. The van der Waals surface area contributed by atoms with Gasteiger partial charge in [0.25, 0.3) is 5.91 Å². The number of amides is 1. The summed E-state index contributed by atoms with van der Waals surface area (Å²) in [6.45, 7) is 5.90. The van der Waals surface area contributed by atoms with Gasteiger partial charge in [-0.2, -0.15) is 10.1 Å². The average molecular weight is 497 g/mol. The number of carbonyl (C=O) groups is 2. The number of aromatic amines is 1. The number of aliphatic hydroxyl groups excluding tert-OH is 1. The summed E-state index contributed by atoms with van der Waals surface area (Å²) < 4.78 is 5.59. The highest BCUT2D eigenvalue weighted by Crippen LogP contribution is 2.41. The summed E-state index contributed by atoms with van der Waals surface area (Å²) in [4.78, 5) is 32.2. The van der Waals surface area contributed by atoms with Crippen LogP contribution in [0.5, 0.6) is 11.8 Å². The van der Waals surface area contributed by atoms with E-state index in [1.54, 1.807) is 55.5 Å². The Morgan fingerprint density at radius 2 is 1.76 bits per heavy atom. The number of ether oxygens (including phenoxy) is 1. The molecule has 5 rings (SSSR count). The Kier molecular flexibility index (Phi) is 6.22. The fourth-order valence-electron chi connectivity index (χ4n) is 4.15. The third-order valence-corrected chi connectivity index (χ3v) is 6.12. The van der Waals surface area contributed by atoms with Gasteiger partial charge in [-0.1, -0.05) is 50.2 Å². The Morgan fingerprint density at radius 3 is 2.35 bits per heavy atom. The molecule has 0 saturated carbocycles. The molecule has 10 heteroatoms. The third-order valence-electron chi connectivity index (χ3n) is 6.12. The van der Waals surface area contributed by atoms with E-state index in [0.29, 0.717) is 28.5 Å². The monoisotopic (exact) mass is 496 g/mol. The molecule has 1 atom stereocenters. The van der Waals surface area contributed by atoms with Crippen molar-refractivity contribution in [3.05, 3.63) is 101 Å². The van der Waals surface area contributed by atoms with Crippen molar-refractivity contribution >= 4 is 17.5 Å². The molecule has 4 aromatic rings. The zero-order valence-corrected chi connectivity index (χ0v) is 20.4. The number of aliphatic hydroxyl groups is 1. The topological polar surface area (TPSA) is 134 Å². The lowest BCUT2D eigenvalue weighted by Crippen LogP contribution is -2.32. The van der Waals surface area contributed by atoms with Gasteiger partial charge in [-0.05, 0) is 48.2 Å². The fraction of sp³-hybridized carbons (Fsp3) is 0.185. The minimum absolute atomic E-state index is 0.0349. The molecule has 0 radical (unpaired) electrons. The van der Waals surface area contributed by atoms with Gasteiger partial charge >= 0.3 is 6.01 Å². The molecular formula is C27H24N6O4. The zero-order valence-electron chi connectivity index (χ0n) is 20.4. The highest BCUT2D eigenvalue weighted by molar-refractivity contribution is 6.20. The molecule has 37 heavy (non-hydrogen) atoms. The second-order valence-electron chi connectivity index (χ2n) is 8.93. The predicted molar refractivity (Wildman–Crippen MR) is 134 cm³/mol. The third kappa shape index (κ3) is 4.56. The second kappa shape index (κ2) is 9.65. The number of H-pyrrole nitrogens is 1. The number of rotatable bonds is 7. The normalized spacial score (nSPS) is 15.5. The number of nitrogens with zero attached hydrogens (tertiary/aromatic N) is 5. The number of ketones is 1. The molecular weight excluding hydrogens is 472 g/mol. The molecule has 0 saturated heterocycles. The van der Waals surface area contributed by atoms with E-state index in [1.807, 2.05) is 12.1 Å². The summed E-state index contributed by atoms with van der Waals surface area (Å²) in [5.41, 5.74) is 2.65. The number of carbonyl (C=O) groups excluding carboxylic acids is 2. The Hall–Kier alpha value is -4.86. The van der Waals surface area contributed by atoms with Gasteiger partial charge < -0.3 is 9.84 Å². The van der Waals surface area contributed by atoms with E-state index in [1.165, 1.54) is 11.2 Å². The van der Waals surface area contributed by atoms with Crippen LogP contribution in [0, 0.1) is 6.92 Å². The summed E-state index contributed by atoms with van der Waals surface area (Å²) in [6, 6.07) is 16.5. The summed E-state index contributed by atoms with van der Waals surface area (Å²) in [7, 11) is 0. The van der Waals surface area contributed by atoms with Crippen LogP contribution < -0.4 is 9.64 Å². The molecule has 186 valence electrons. The minimum atomic E-state index is -0.931. The number of hydrogen-bond acceptors (Lipinski definition) is 8. The first-order valence-corrected chi connectivity index (χ1v) is 11.7. The van der Waals surface area contributed by atoms with Crippen LogP contribution in [0.1, 0.15) is 53.0 Å². The molecule has 1 unspecified atom stereocenters. The van der Waals surface area contributed by atoms with E-state index >= 15 is 0 Å². The maximum absolute atomic E-state index is 13.7. The van der Waals surface area contributed by atoms with Crippen molar-refractivity contribution in [1.82, 2.24) is 25.4 Å². The molecule has 3 heterocycles. The molecule has 0 bridgehead atoms. The van der Waals surface area contributed by atoms with Crippen LogP contribution in [-0.4, -0.2) is 42.2 Å². The lowest BCUT2D eigenvalue weighted by Gasteiger charge is -2.25. The first kappa shape index (κ1) is 23.9. The smallest absolute Gasteiger partial charge is 0.340 e. The van der Waals surface area contributed by atoms with Crippen LogP contribution in [0.25, 0.3) is 0 Å². The van der Waals surface area contributed by atoms with Crippen molar-refractivity contribution < 1.29 is 19.4 Å². The average Bonchev–Trinajstić information content (AvgIpc) is 3.51.